The highest BCUT2D eigenvalue weighted by atomic mass is 16.6. The van der Waals surface area contributed by atoms with Crippen LogP contribution in [0.4, 0.5) is 5.69 Å². The topological polar surface area (TPSA) is 131 Å². The molecular formula is C16H15N5O4. The molecule has 0 saturated heterocycles. The molecule has 25 heavy (non-hydrogen) atoms. The number of non-ortho nitro benzene ring substituents is 1. The van der Waals surface area contributed by atoms with Crippen molar-refractivity contribution < 1.29 is 9.72 Å². The van der Waals surface area contributed by atoms with Crippen LogP contribution in [0.3, 0.4) is 0 Å². The average Bonchev–Trinajstić information content (AvgIpc) is 3.42. The lowest BCUT2D eigenvalue weighted by atomic mass is 9.98. The van der Waals surface area contributed by atoms with Crippen molar-refractivity contribution in [3.8, 4) is 6.07 Å². The summed E-state index contributed by atoms with van der Waals surface area (Å²) in [6, 6.07) is 5.90. The number of benzene rings is 1. The van der Waals surface area contributed by atoms with Crippen LogP contribution in [-0.4, -0.2) is 25.9 Å². The minimum absolute atomic E-state index is 0.0646. The fraction of sp³-hybridized carbons (Fsp3) is 0.375. The van der Waals surface area contributed by atoms with Crippen LogP contribution >= 0.6 is 0 Å². The summed E-state index contributed by atoms with van der Waals surface area (Å²) in [6.07, 6.45) is 2.98. The lowest BCUT2D eigenvalue weighted by molar-refractivity contribution is -0.384. The van der Waals surface area contributed by atoms with Gasteiger partial charge in [0.1, 0.15) is 12.1 Å². The van der Waals surface area contributed by atoms with E-state index in [1.165, 1.54) is 18.5 Å². The predicted molar refractivity (Wildman–Crippen MR) is 87.5 cm³/mol. The number of rotatable bonds is 5. The zero-order valence-electron chi connectivity index (χ0n) is 13.4. The smallest absolute Gasteiger partial charge is 0.270 e. The number of nitro benzene ring substituents is 1. The highest BCUT2D eigenvalue weighted by molar-refractivity contribution is 5.81. The Bertz CT molecular complexity index is 973. The van der Waals surface area contributed by atoms with Gasteiger partial charge in [0, 0.05) is 12.1 Å². The van der Waals surface area contributed by atoms with E-state index in [9.17, 15) is 25.0 Å². The summed E-state index contributed by atoms with van der Waals surface area (Å²) < 4.78 is 1.08. The molecule has 1 saturated carbocycles. The van der Waals surface area contributed by atoms with Crippen molar-refractivity contribution in [1.29, 1.82) is 5.26 Å². The van der Waals surface area contributed by atoms with E-state index in [-0.39, 0.29) is 23.5 Å². The van der Waals surface area contributed by atoms with Gasteiger partial charge in [0.05, 0.1) is 28.2 Å². The second-order valence-electron chi connectivity index (χ2n) is 6.27. The molecule has 0 radical (unpaired) electrons. The quantitative estimate of drug-likeness (QED) is 0.640. The highest BCUT2D eigenvalue weighted by Gasteiger charge is 2.43. The minimum Gasteiger partial charge on any atom is -0.336 e. The number of nitrogens with zero attached hydrogens (tertiary/aromatic N) is 4. The van der Waals surface area contributed by atoms with Crippen LogP contribution in [-0.2, 0) is 11.3 Å². The van der Waals surface area contributed by atoms with Gasteiger partial charge in [-0.05, 0) is 31.7 Å². The first-order valence-electron chi connectivity index (χ1n) is 7.70. The number of carbonyl (C=O) groups is 1. The van der Waals surface area contributed by atoms with Crippen LogP contribution in [0.1, 0.15) is 19.8 Å². The van der Waals surface area contributed by atoms with Crippen LogP contribution in [0, 0.1) is 27.4 Å². The highest BCUT2D eigenvalue weighted by Crippen LogP contribution is 2.39. The number of hydrogen-bond donors (Lipinski definition) is 1. The standard InChI is InChI=1S/C16H15N5O4/c1-16(8-17,10-2-3-10)19-14(22)7-20-9-18-13-5-4-11(21(24)25)6-12(13)15(20)23/h4-6,9-10H,2-3,7H2,1H3,(H,19,22). The second-order valence-corrected chi connectivity index (χ2v) is 6.27. The van der Waals surface area contributed by atoms with Crippen molar-refractivity contribution in [2.45, 2.75) is 31.8 Å². The zero-order chi connectivity index (χ0) is 18.2. The molecule has 1 aromatic carbocycles. The van der Waals surface area contributed by atoms with Crippen LogP contribution in [0.25, 0.3) is 10.9 Å². The maximum absolute atomic E-state index is 12.5. The third kappa shape index (κ3) is 3.19. The van der Waals surface area contributed by atoms with E-state index in [2.05, 4.69) is 16.4 Å². The van der Waals surface area contributed by atoms with E-state index < -0.39 is 21.9 Å². The predicted octanol–water partition coefficient (Wildman–Crippen LogP) is 1.11. The molecule has 0 bridgehead atoms. The first-order valence-corrected chi connectivity index (χ1v) is 7.70. The van der Waals surface area contributed by atoms with Crippen LogP contribution in [0.15, 0.2) is 29.3 Å². The van der Waals surface area contributed by atoms with Gasteiger partial charge in [-0.15, -0.1) is 0 Å². The molecule has 1 aliphatic carbocycles. The largest absolute Gasteiger partial charge is 0.336 e. The molecular weight excluding hydrogens is 326 g/mol. The summed E-state index contributed by atoms with van der Waals surface area (Å²) in [6.45, 7) is 1.35. The van der Waals surface area contributed by atoms with Gasteiger partial charge in [-0.2, -0.15) is 5.26 Å². The molecule has 1 amide bonds. The lowest BCUT2D eigenvalue weighted by Gasteiger charge is -2.23. The molecule has 1 heterocycles. The number of amides is 1. The number of nitro groups is 1. The molecule has 1 fully saturated rings. The van der Waals surface area contributed by atoms with Gasteiger partial charge >= 0.3 is 0 Å². The summed E-state index contributed by atoms with van der Waals surface area (Å²) >= 11 is 0. The molecule has 1 aromatic heterocycles. The zero-order valence-corrected chi connectivity index (χ0v) is 13.4. The third-order valence-corrected chi connectivity index (χ3v) is 4.36. The monoisotopic (exact) mass is 341 g/mol. The van der Waals surface area contributed by atoms with Crippen molar-refractivity contribution >= 4 is 22.5 Å². The lowest BCUT2D eigenvalue weighted by Crippen LogP contribution is -2.48. The molecule has 1 unspecified atom stereocenters. The third-order valence-electron chi connectivity index (χ3n) is 4.36. The molecule has 1 aliphatic rings. The van der Waals surface area contributed by atoms with E-state index in [0.29, 0.717) is 5.52 Å². The van der Waals surface area contributed by atoms with Gasteiger partial charge in [0.15, 0.2) is 0 Å². The number of aromatic nitrogens is 2. The van der Waals surface area contributed by atoms with Crippen LogP contribution < -0.4 is 10.9 Å². The molecule has 1 N–H and O–H groups in total. The van der Waals surface area contributed by atoms with Gasteiger partial charge in [0.25, 0.3) is 11.2 Å². The van der Waals surface area contributed by atoms with Gasteiger partial charge < -0.3 is 5.32 Å². The second kappa shape index (κ2) is 5.98. The fourth-order valence-corrected chi connectivity index (χ4v) is 2.74. The summed E-state index contributed by atoms with van der Waals surface area (Å²) in [5.41, 5.74) is -1.41. The Labute approximate surface area is 142 Å². The molecule has 2 aromatic rings. The number of nitrogens with one attached hydrogen (secondary N) is 1. The van der Waals surface area contributed by atoms with E-state index in [1.54, 1.807) is 6.92 Å². The summed E-state index contributed by atoms with van der Waals surface area (Å²) in [5.74, 6) is -0.361. The maximum atomic E-state index is 12.5. The van der Waals surface area contributed by atoms with E-state index in [4.69, 9.17) is 0 Å². The Morgan fingerprint density at radius 3 is 2.88 bits per heavy atom. The molecule has 0 spiro atoms. The van der Waals surface area contributed by atoms with Crippen molar-refractivity contribution in [2.75, 3.05) is 0 Å². The fourth-order valence-electron chi connectivity index (χ4n) is 2.74. The molecule has 128 valence electrons. The van der Waals surface area contributed by atoms with Crippen LogP contribution in [0.5, 0.6) is 0 Å². The SMILES string of the molecule is CC(C#N)(NC(=O)Cn1cnc2ccc([N+](=O)[O-])cc2c1=O)C1CC1. The first kappa shape index (κ1) is 16.6. The van der Waals surface area contributed by atoms with Crippen molar-refractivity contribution in [3.63, 3.8) is 0 Å². The Morgan fingerprint density at radius 2 is 2.28 bits per heavy atom. The van der Waals surface area contributed by atoms with E-state index >= 15 is 0 Å². The van der Waals surface area contributed by atoms with E-state index in [0.717, 1.165) is 23.5 Å². The number of hydrogen-bond acceptors (Lipinski definition) is 6. The molecule has 0 aliphatic heterocycles. The average molecular weight is 341 g/mol. The normalized spacial score (nSPS) is 16.0. The van der Waals surface area contributed by atoms with Gasteiger partial charge in [-0.25, -0.2) is 4.98 Å². The number of carbonyl (C=O) groups excluding carboxylic acids is 1. The summed E-state index contributed by atoms with van der Waals surface area (Å²) in [7, 11) is 0. The van der Waals surface area contributed by atoms with E-state index in [1.807, 2.05) is 0 Å². The summed E-state index contributed by atoms with van der Waals surface area (Å²) in [5, 5.41) is 22.9. The molecule has 1 atom stereocenters. The Balaban J connectivity index is 1.87. The summed E-state index contributed by atoms with van der Waals surface area (Å²) in [4.78, 5) is 39.0. The molecule has 9 heteroatoms. The van der Waals surface area contributed by atoms with Crippen LogP contribution in [0.2, 0.25) is 0 Å². The number of fused-ring (bicyclic) bond motifs is 1. The first-order chi connectivity index (χ1) is 11.8. The molecule has 3 rings (SSSR count). The Kier molecular flexibility index (Phi) is 3.96. The van der Waals surface area contributed by atoms with Gasteiger partial charge in [-0.1, -0.05) is 0 Å². The Hall–Kier alpha value is -3.28. The number of nitriles is 1. The molecule has 9 nitrogen and oxygen atoms in total. The van der Waals surface area contributed by atoms with Gasteiger partial charge in [0.2, 0.25) is 5.91 Å². The Morgan fingerprint density at radius 1 is 1.56 bits per heavy atom. The van der Waals surface area contributed by atoms with Crippen molar-refractivity contribution in [3.05, 3.63) is 45.0 Å². The van der Waals surface area contributed by atoms with Crippen molar-refractivity contribution in [1.82, 2.24) is 14.9 Å². The minimum atomic E-state index is -0.955. The van der Waals surface area contributed by atoms with Crippen molar-refractivity contribution in [2.24, 2.45) is 5.92 Å². The van der Waals surface area contributed by atoms with Gasteiger partial charge in [-0.3, -0.25) is 24.3 Å². The maximum Gasteiger partial charge on any atom is 0.270 e.